The fourth-order valence-electron chi connectivity index (χ4n) is 10.8. The fraction of sp³-hybridized carbons (Fsp3) is 0.581. The molecule has 0 atom stereocenters. The maximum absolute atomic E-state index is 16.4. The second-order valence-corrected chi connectivity index (χ2v) is 21.7. The zero-order chi connectivity index (χ0) is 52.2. The predicted molar refractivity (Wildman–Crippen MR) is 307 cm³/mol. The third kappa shape index (κ3) is 11.5. The minimum Gasteiger partial charge on any atom is -0.494 e. The zero-order valence-corrected chi connectivity index (χ0v) is 46.4. The van der Waals surface area contributed by atoms with Crippen LogP contribution in [0.15, 0.2) is 56.0 Å². The van der Waals surface area contributed by atoms with E-state index in [1.165, 1.54) is 0 Å². The van der Waals surface area contributed by atoms with E-state index in [4.69, 9.17) is 9.98 Å². The van der Waals surface area contributed by atoms with Crippen molar-refractivity contribution >= 4 is 43.7 Å². The molecule has 0 spiro atoms. The van der Waals surface area contributed by atoms with Crippen LogP contribution in [0.25, 0.3) is 43.7 Å². The summed E-state index contributed by atoms with van der Waals surface area (Å²) in [4.78, 5) is 43.6. The van der Waals surface area contributed by atoms with Crippen molar-refractivity contribution in [3.8, 4) is 23.1 Å². The third-order valence-electron chi connectivity index (χ3n) is 14.8. The molecule has 6 aromatic rings. The van der Waals surface area contributed by atoms with Crippen molar-refractivity contribution in [2.75, 3.05) is 36.8 Å². The number of aromatic hydroxyl groups is 2. The highest BCUT2D eigenvalue weighted by Gasteiger charge is 2.34. The largest absolute Gasteiger partial charge is 0.494 e. The van der Waals surface area contributed by atoms with Crippen molar-refractivity contribution in [3.63, 3.8) is 0 Å². The summed E-state index contributed by atoms with van der Waals surface area (Å²) in [5, 5.41) is 37.8. The number of hydrogen-bond donors (Lipinski definition) is 4. The van der Waals surface area contributed by atoms with Crippen LogP contribution in [0, 0.1) is 0 Å². The standard InChI is InChI=1S/C62H90N6O4/c1-13-17-21-25-35-63-53-49-47-48-50(54(53)64-36-26-22-18-14-2)60(70)68(58-45(41(9)10)33-30-34-46(58)42(11)12)62(72)52(48)56(66-38-28-24-20-16-4)55(65-37-27-23-19-15-3)51(47)61(71)67(59(49)69)57-43(39(5)6)31-29-32-44(57)40(7)8/h29-34,39-42,63-64,69,72H,13-28,35-38H2,1-12H3. The smallest absolute Gasteiger partial charge is 0.268 e. The highest BCUT2D eigenvalue weighted by atomic mass is 16.3. The number of pyridine rings is 2. The van der Waals surface area contributed by atoms with Crippen LogP contribution in [-0.2, 0) is 0 Å². The number of hydrogen-bond acceptors (Lipinski definition) is 8. The molecule has 0 aliphatic heterocycles. The molecule has 10 heteroatoms. The Morgan fingerprint density at radius 2 is 0.764 bits per heavy atom. The van der Waals surface area contributed by atoms with Crippen molar-refractivity contribution in [2.24, 2.45) is 9.98 Å². The van der Waals surface area contributed by atoms with E-state index in [0.717, 1.165) is 125 Å². The second kappa shape index (κ2) is 26.0. The fourth-order valence-corrected chi connectivity index (χ4v) is 10.8. The SMILES string of the molecule is CCCCCCN=c1c(=NCCCCCC)c2c(=O)n(-c3c(C(C)C)cccc3C(C)C)c(O)c3c(NCCCCCC)c(NCCCCCC)c4c(=O)n(-c5c(C(C)C)cccc5C(C)C)c(O)c1c4c32. The van der Waals surface area contributed by atoms with Gasteiger partial charge in [-0.2, -0.15) is 0 Å². The van der Waals surface area contributed by atoms with Gasteiger partial charge in [-0.05, 0) is 71.6 Å². The number of aromatic nitrogens is 2. The van der Waals surface area contributed by atoms with Crippen LogP contribution in [0.3, 0.4) is 0 Å². The van der Waals surface area contributed by atoms with Gasteiger partial charge in [0.05, 0.1) is 55.0 Å². The Kier molecular flexibility index (Phi) is 20.2. The normalized spacial score (nSPS) is 12.8. The van der Waals surface area contributed by atoms with Gasteiger partial charge in [-0.1, -0.05) is 197 Å². The molecule has 0 aliphatic rings. The Balaban J connectivity index is 2.03. The third-order valence-corrected chi connectivity index (χ3v) is 14.8. The zero-order valence-electron chi connectivity index (χ0n) is 46.4. The number of para-hydroxylation sites is 2. The number of anilines is 2. The quantitative estimate of drug-likeness (QED) is 0.0286. The Morgan fingerprint density at radius 3 is 1.15 bits per heavy atom. The molecule has 4 aromatic carbocycles. The molecule has 0 saturated heterocycles. The van der Waals surface area contributed by atoms with Gasteiger partial charge in [-0.25, -0.2) is 9.13 Å². The molecule has 72 heavy (non-hydrogen) atoms. The van der Waals surface area contributed by atoms with Gasteiger partial charge in [-0.15, -0.1) is 0 Å². The average Bonchev–Trinajstić information content (AvgIpc) is 3.34. The minimum atomic E-state index is -0.418. The Morgan fingerprint density at radius 1 is 0.431 bits per heavy atom. The molecule has 0 unspecified atom stereocenters. The second-order valence-electron chi connectivity index (χ2n) is 21.7. The highest BCUT2D eigenvalue weighted by Crippen LogP contribution is 2.48. The first kappa shape index (κ1) is 55.9. The number of rotatable bonds is 28. The monoisotopic (exact) mass is 983 g/mol. The summed E-state index contributed by atoms with van der Waals surface area (Å²) in [6.45, 7) is 27.8. The van der Waals surface area contributed by atoms with E-state index >= 15 is 9.59 Å². The van der Waals surface area contributed by atoms with Crippen molar-refractivity contribution in [3.05, 3.63) is 90.1 Å². The van der Waals surface area contributed by atoms with Gasteiger partial charge < -0.3 is 20.8 Å². The molecule has 0 amide bonds. The van der Waals surface area contributed by atoms with Crippen LogP contribution >= 0.6 is 0 Å². The Labute approximate surface area is 430 Å². The number of nitrogens with zero attached hydrogens (tertiary/aromatic N) is 4. The van der Waals surface area contributed by atoms with E-state index in [2.05, 4.69) is 118 Å². The number of benzene rings is 4. The predicted octanol–water partition coefficient (Wildman–Crippen LogP) is 15.2. The Hall–Kier alpha value is -5.38. The van der Waals surface area contributed by atoms with Crippen LogP contribution in [0.5, 0.6) is 11.8 Å². The summed E-state index contributed by atoms with van der Waals surface area (Å²) < 4.78 is 3.10. The van der Waals surface area contributed by atoms with Gasteiger partial charge in [0, 0.05) is 37.0 Å². The lowest BCUT2D eigenvalue weighted by Crippen LogP contribution is -2.37. The molecule has 6 rings (SSSR count). The molecule has 2 aromatic heterocycles. The van der Waals surface area contributed by atoms with E-state index < -0.39 is 11.1 Å². The molecule has 0 aliphatic carbocycles. The first-order valence-electron chi connectivity index (χ1n) is 28.3. The van der Waals surface area contributed by atoms with E-state index in [9.17, 15) is 10.2 Å². The number of nitrogens with one attached hydrogen (secondary N) is 2. The van der Waals surface area contributed by atoms with E-state index in [1.54, 1.807) is 9.13 Å². The summed E-state index contributed by atoms with van der Waals surface area (Å²) in [5.74, 6) is -0.366. The Bertz CT molecular complexity index is 2900. The van der Waals surface area contributed by atoms with Crippen LogP contribution in [0.2, 0.25) is 0 Å². The minimum absolute atomic E-state index is 0.0172. The van der Waals surface area contributed by atoms with Gasteiger partial charge >= 0.3 is 0 Å². The van der Waals surface area contributed by atoms with Crippen molar-refractivity contribution in [1.82, 2.24) is 9.13 Å². The first-order chi connectivity index (χ1) is 34.7. The van der Waals surface area contributed by atoms with Crippen LogP contribution in [-0.4, -0.2) is 45.5 Å². The van der Waals surface area contributed by atoms with Gasteiger partial charge in [0.1, 0.15) is 0 Å². The first-order valence-corrected chi connectivity index (χ1v) is 28.3. The van der Waals surface area contributed by atoms with Crippen LogP contribution < -0.4 is 32.5 Å². The number of unbranched alkanes of at least 4 members (excludes halogenated alkanes) is 12. The van der Waals surface area contributed by atoms with Crippen molar-refractivity contribution in [1.29, 1.82) is 0 Å². The van der Waals surface area contributed by atoms with Gasteiger partial charge in [0.2, 0.25) is 11.8 Å². The molecule has 0 saturated carbocycles. The summed E-state index contributed by atoms with van der Waals surface area (Å²) in [6.07, 6.45) is 15.9. The molecule has 2 heterocycles. The topological polar surface area (TPSA) is 133 Å². The van der Waals surface area contributed by atoms with Gasteiger partial charge in [0.15, 0.2) is 0 Å². The van der Waals surface area contributed by atoms with Crippen molar-refractivity contribution in [2.45, 2.75) is 209 Å². The summed E-state index contributed by atoms with van der Waals surface area (Å²) in [5.41, 5.74) is 5.44. The molecular weight excluding hydrogens is 893 g/mol. The lowest BCUT2D eigenvalue weighted by molar-refractivity contribution is 0.440. The molecule has 10 nitrogen and oxygen atoms in total. The molecular formula is C62H90N6O4. The molecule has 392 valence electrons. The maximum atomic E-state index is 16.4. The summed E-state index contributed by atoms with van der Waals surface area (Å²) in [7, 11) is 0. The van der Waals surface area contributed by atoms with E-state index in [1.807, 2.05) is 12.1 Å². The lowest BCUT2D eigenvalue weighted by atomic mass is 9.89. The van der Waals surface area contributed by atoms with Crippen molar-refractivity contribution < 1.29 is 10.2 Å². The van der Waals surface area contributed by atoms with E-state index in [0.29, 0.717) is 92.0 Å². The average molecular weight is 983 g/mol. The lowest BCUT2D eigenvalue weighted by Gasteiger charge is -2.28. The van der Waals surface area contributed by atoms with E-state index in [-0.39, 0.29) is 35.4 Å². The molecule has 4 N–H and O–H groups in total. The van der Waals surface area contributed by atoms with Crippen LogP contribution in [0.4, 0.5) is 11.4 Å². The molecule has 0 fully saturated rings. The molecule has 0 radical (unpaired) electrons. The summed E-state index contributed by atoms with van der Waals surface area (Å²) >= 11 is 0. The molecule has 0 bridgehead atoms. The summed E-state index contributed by atoms with van der Waals surface area (Å²) in [6, 6.07) is 12.4. The van der Waals surface area contributed by atoms with Gasteiger partial charge in [0.25, 0.3) is 11.1 Å². The van der Waals surface area contributed by atoms with Gasteiger partial charge in [-0.3, -0.25) is 19.6 Å². The maximum Gasteiger partial charge on any atom is 0.268 e. The highest BCUT2D eigenvalue weighted by molar-refractivity contribution is 6.31. The van der Waals surface area contributed by atoms with Crippen LogP contribution in [0.1, 0.15) is 232 Å².